The Bertz CT molecular complexity index is 707. The van der Waals surface area contributed by atoms with Crippen LogP contribution in [0.5, 0.6) is 0 Å². The molecule has 0 fully saturated rings. The predicted molar refractivity (Wildman–Crippen MR) is 71.9 cm³/mol. The van der Waals surface area contributed by atoms with Crippen LogP contribution in [-0.4, -0.2) is 24.3 Å². The van der Waals surface area contributed by atoms with Crippen LogP contribution in [0.15, 0.2) is 47.8 Å². The number of rotatable bonds is 3. The van der Waals surface area contributed by atoms with Gasteiger partial charge in [-0.05, 0) is 18.2 Å². The number of hydrogen-bond acceptors (Lipinski definition) is 3. The van der Waals surface area contributed by atoms with Crippen molar-refractivity contribution in [3.63, 3.8) is 0 Å². The van der Waals surface area contributed by atoms with Gasteiger partial charge in [0.25, 0.3) is 0 Å². The number of ketones is 1. The fourth-order valence-electron chi connectivity index (χ4n) is 1.80. The molecule has 1 heterocycles. The van der Waals surface area contributed by atoms with E-state index in [1.807, 2.05) is 5.32 Å². The summed E-state index contributed by atoms with van der Waals surface area (Å²) in [6, 6.07) is 5.46. The average Bonchev–Trinajstić information content (AvgIpc) is 2.65. The van der Waals surface area contributed by atoms with Crippen molar-refractivity contribution in [1.29, 1.82) is 0 Å². The van der Waals surface area contributed by atoms with Crippen LogP contribution in [0.2, 0.25) is 0 Å². The van der Waals surface area contributed by atoms with E-state index in [1.54, 1.807) is 0 Å². The molecule has 2 N–H and O–H groups in total. The molecule has 0 saturated carbocycles. The van der Waals surface area contributed by atoms with Gasteiger partial charge in [0.1, 0.15) is 5.70 Å². The summed E-state index contributed by atoms with van der Waals surface area (Å²) >= 11 is 0. The van der Waals surface area contributed by atoms with Crippen LogP contribution < -0.4 is 10.6 Å². The highest BCUT2D eigenvalue weighted by Crippen LogP contribution is 2.35. The highest BCUT2D eigenvalue weighted by atomic mass is 19.4. The molecule has 0 unspecified atom stereocenters. The zero-order chi connectivity index (χ0) is 18.1. The quantitative estimate of drug-likeness (QED) is 0.627. The summed E-state index contributed by atoms with van der Waals surface area (Å²) in [7, 11) is 0. The van der Waals surface area contributed by atoms with E-state index in [2.05, 4.69) is 5.32 Å². The number of benzene rings is 1. The lowest BCUT2D eigenvalue weighted by Gasteiger charge is -2.13. The predicted octanol–water partition coefficient (Wildman–Crippen LogP) is 4.32. The maximum atomic E-state index is 13.0. The van der Waals surface area contributed by atoms with E-state index in [-0.39, 0.29) is 17.5 Å². The van der Waals surface area contributed by atoms with Gasteiger partial charge in [0.2, 0.25) is 5.78 Å². The Balaban J connectivity index is 2.48. The number of para-hydroxylation sites is 2. The lowest BCUT2D eigenvalue weighted by Crippen LogP contribution is -2.35. The normalized spacial score (nSPS) is 16.8. The van der Waals surface area contributed by atoms with Crippen molar-refractivity contribution in [3.05, 3.63) is 47.8 Å². The topological polar surface area (TPSA) is 41.1 Å². The maximum Gasteiger partial charge on any atom is 0.431 e. The van der Waals surface area contributed by atoms with Gasteiger partial charge in [-0.2, -0.15) is 22.0 Å². The van der Waals surface area contributed by atoms with E-state index in [0.717, 1.165) is 0 Å². The van der Waals surface area contributed by atoms with Crippen LogP contribution >= 0.6 is 0 Å². The number of nitrogens with one attached hydrogen (secondary N) is 2. The van der Waals surface area contributed by atoms with Crippen molar-refractivity contribution in [3.8, 4) is 0 Å². The molecule has 1 aliphatic heterocycles. The second-order valence-corrected chi connectivity index (χ2v) is 4.74. The first-order valence-corrected chi connectivity index (χ1v) is 6.36. The molecule has 0 amide bonds. The van der Waals surface area contributed by atoms with E-state index in [4.69, 9.17) is 0 Å². The first-order chi connectivity index (χ1) is 11.0. The molecular weight excluding hydrogens is 345 g/mol. The zero-order valence-corrected chi connectivity index (χ0v) is 11.6. The van der Waals surface area contributed by atoms with E-state index < -0.39 is 35.7 Å². The summed E-state index contributed by atoms with van der Waals surface area (Å²) in [6.07, 6.45) is -8.79. The first kappa shape index (κ1) is 17.8. The smallest absolute Gasteiger partial charge is 0.354 e. The Morgan fingerprint density at radius 1 is 1.00 bits per heavy atom. The Morgan fingerprint density at radius 3 is 2.04 bits per heavy atom. The molecule has 0 radical (unpaired) electrons. The van der Waals surface area contributed by atoms with Crippen LogP contribution in [0, 0.1) is 0 Å². The minimum Gasteiger partial charge on any atom is -0.354 e. The van der Waals surface area contributed by atoms with Crippen LogP contribution in [0.3, 0.4) is 0 Å². The van der Waals surface area contributed by atoms with Crippen molar-refractivity contribution in [2.45, 2.75) is 18.5 Å². The van der Waals surface area contributed by atoms with Gasteiger partial charge in [-0.3, -0.25) is 4.79 Å². The summed E-state index contributed by atoms with van der Waals surface area (Å²) in [5.74, 6) is -7.31. The number of anilines is 2. The molecule has 0 bridgehead atoms. The largest absolute Gasteiger partial charge is 0.431 e. The molecule has 1 aromatic carbocycles. The highest BCUT2D eigenvalue weighted by molar-refractivity contribution is 5.97. The Morgan fingerprint density at radius 2 is 1.54 bits per heavy atom. The fraction of sp³-hybridized carbons (Fsp3) is 0.214. The molecule has 0 spiro atoms. The van der Waals surface area contributed by atoms with E-state index in [1.165, 1.54) is 24.3 Å². The number of allylic oxidation sites excluding steroid dienone is 3. The third kappa shape index (κ3) is 3.69. The molecule has 0 aliphatic carbocycles. The lowest BCUT2D eigenvalue weighted by atomic mass is 10.1. The van der Waals surface area contributed by atoms with Crippen LogP contribution in [0.25, 0.3) is 0 Å². The molecule has 2 rings (SSSR count). The third-order valence-corrected chi connectivity index (χ3v) is 2.97. The van der Waals surface area contributed by atoms with Gasteiger partial charge >= 0.3 is 18.5 Å². The number of halogens is 7. The Hall–Kier alpha value is -2.52. The molecule has 3 nitrogen and oxygen atoms in total. The Kier molecular flexibility index (Phi) is 4.59. The van der Waals surface area contributed by atoms with Crippen molar-refractivity contribution in [2.24, 2.45) is 0 Å². The minimum atomic E-state index is -5.00. The Labute approximate surface area is 130 Å². The molecule has 0 atom stereocenters. The number of hydrogen-bond donors (Lipinski definition) is 2. The maximum absolute atomic E-state index is 13.0. The van der Waals surface area contributed by atoms with Gasteiger partial charge in [-0.15, -0.1) is 0 Å². The highest BCUT2D eigenvalue weighted by Gasteiger charge is 2.47. The summed E-state index contributed by atoms with van der Waals surface area (Å²) in [6.45, 7) is 0. The average molecular weight is 354 g/mol. The van der Waals surface area contributed by atoms with Gasteiger partial charge < -0.3 is 10.6 Å². The first-order valence-electron chi connectivity index (χ1n) is 6.36. The molecule has 0 saturated heterocycles. The monoisotopic (exact) mass is 354 g/mol. The molecule has 10 heteroatoms. The molecule has 0 aromatic heterocycles. The van der Waals surface area contributed by atoms with E-state index in [0.29, 0.717) is 6.08 Å². The summed E-state index contributed by atoms with van der Waals surface area (Å²) in [5.41, 5.74) is -2.03. The number of carbonyl (C=O) groups excluding carboxylic acids is 1. The van der Waals surface area contributed by atoms with Gasteiger partial charge in [0, 0.05) is 11.8 Å². The van der Waals surface area contributed by atoms with Crippen molar-refractivity contribution >= 4 is 17.2 Å². The van der Waals surface area contributed by atoms with E-state index >= 15 is 0 Å². The summed E-state index contributed by atoms with van der Waals surface area (Å²) in [5, 5.41) is 4.38. The fourth-order valence-corrected chi connectivity index (χ4v) is 1.80. The molecule has 130 valence electrons. The third-order valence-electron chi connectivity index (χ3n) is 2.97. The van der Waals surface area contributed by atoms with Crippen LogP contribution in [0.1, 0.15) is 0 Å². The molecular formula is C14H9F7N2O. The van der Waals surface area contributed by atoms with Crippen molar-refractivity contribution in [2.75, 3.05) is 10.6 Å². The molecule has 1 aliphatic rings. The second kappa shape index (κ2) is 6.17. The van der Waals surface area contributed by atoms with Gasteiger partial charge in [0.15, 0.2) is 0 Å². The second-order valence-electron chi connectivity index (χ2n) is 4.74. The van der Waals surface area contributed by atoms with Crippen LogP contribution in [0.4, 0.5) is 42.1 Å². The molecule has 24 heavy (non-hydrogen) atoms. The zero-order valence-electron chi connectivity index (χ0n) is 11.6. The summed E-state index contributed by atoms with van der Waals surface area (Å²) in [4.78, 5) is 11.3. The van der Waals surface area contributed by atoms with E-state index in [9.17, 15) is 35.5 Å². The van der Waals surface area contributed by atoms with Crippen molar-refractivity contribution in [1.82, 2.24) is 0 Å². The number of carbonyl (C=O) groups is 1. The van der Waals surface area contributed by atoms with Gasteiger partial charge in [-0.1, -0.05) is 12.1 Å². The van der Waals surface area contributed by atoms with Crippen molar-refractivity contribution < 1.29 is 35.5 Å². The van der Waals surface area contributed by atoms with Gasteiger partial charge in [-0.25, -0.2) is 8.78 Å². The lowest BCUT2D eigenvalue weighted by molar-refractivity contribution is -0.161. The van der Waals surface area contributed by atoms with Gasteiger partial charge in [0.05, 0.1) is 11.4 Å². The minimum absolute atomic E-state index is 0.0156. The SMILES string of the molecule is O=C(/C=C1/C=C(C(F)(F)F)Nc2ccccc2N1)C(F)(F)C(F)F. The summed E-state index contributed by atoms with van der Waals surface area (Å²) < 4.78 is 89.2. The number of fused-ring (bicyclic) bond motifs is 1. The standard InChI is InChI=1S/C14H9F7N2O/c15-12(16)13(17,18)11(24)6-7-5-10(14(19,20)21)23-9-4-2-1-3-8(9)22-7/h1-6,12,22-23H/b7-6-. The molecule has 1 aromatic rings. The van der Waals surface area contributed by atoms with Crippen LogP contribution in [-0.2, 0) is 4.79 Å². The number of alkyl halides is 7.